The Morgan fingerprint density at radius 3 is 1.39 bits per heavy atom. The molecule has 0 aliphatic rings. The highest BCUT2D eigenvalue weighted by Crippen LogP contribution is 2.45. The molecule has 0 aromatic heterocycles. The lowest BCUT2D eigenvalue weighted by Crippen LogP contribution is -2.29. The summed E-state index contributed by atoms with van der Waals surface area (Å²) in [6, 6.07) is 1.38. The third-order valence-electron chi connectivity index (χ3n) is 2.02. The van der Waals surface area contributed by atoms with E-state index >= 15 is 0 Å². The fraction of sp³-hybridized carbons (Fsp3) is 1.00. The van der Waals surface area contributed by atoms with Gasteiger partial charge in [-0.15, -0.1) is 0 Å². The SMILES string of the molecule is C[Si](C)(C)CCCP(O[Si](C)(C)C)O[Si](C)(C)C. The summed E-state index contributed by atoms with van der Waals surface area (Å²) in [6.45, 7) is 20.9. The quantitative estimate of drug-likeness (QED) is 0.419. The first-order chi connectivity index (χ1) is 7.79. The fourth-order valence-corrected chi connectivity index (χ4v) is 9.51. The fourth-order valence-electron chi connectivity index (χ4n) is 1.46. The molecule has 0 aromatic rings. The van der Waals surface area contributed by atoms with Crippen molar-refractivity contribution >= 4 is 33.1 Å². The van der Waals surface area contributed by atoms with Crippen molar-refractivity contribution in [2.75, 3.05) is 6.16 Å². The Labute approximate surface area is 119 Å². The van der Waals surface area contributed by atoms with E-state index in [4.69, 9.17) is 8.43 Å². The highest BCUT2D eigenvalue weighted by Gasteiger charge is 2.27. The van der Waals surface area contributed by atoms with Crippen molar-refractivity contribution in [2.24, 2.45) is 0 Å². The Morgan fingerprint density at radius 1 is 0.722 bits per heavy atom. The average molecular weight is 325 g/mol. The highest BCUT2D eigenvalue weighted by atomic mass is 31.2. The van der Waals surface area contributed by atoms with Crippen LogP contribution in [-0.4, -0.2) is 30.9 Å². The Hall–Kier alpha value is 1.00. The van der Waals surface area contributed by atoms with Crippen molar-refractivity contribution in [3.8, 4) is 0 Å². The maximum Gasteiger partial charge on any atom is 0.191 e. The first-order valence-electron chi connectivity index (χ1n) is 6.94. The van der Waals surface area contributed by atoms with E-state index in [0.717, 1.165) is 6.16 Å². The lowest BCUT2D eigenvalue weighted by molar-refractivity contribution is 0.487. The first kappa shape index (κ1) is 19.0. The van der Waals surface area contributed by atoms with E-state index in [1.165, 1.54) is 12.5 Å². The molecule has 18 heavy (non-hydrogen) atoms. The van der Waals surface area contributed by atoms with E-state index in [1.807, 2.05) is 0 Å². The summed E-state index contributed by atoms with van der Waals surface area (Å²) in [5.74, 6) is 0. The second kappa shape index (κ2) is 7.14. The molecule has 0 heterocycles. The second-order valence-electron chi connectivity index (χ2n) is 8.13. The molecule has 0 bridgehead atoms. The molecule has 0 rings (SSSR count). The van der Waals surface area contributed by atoms with E-state index < -0.39 is 33.1 Å². The Kier molecular flexibility index (Phi) is 7.53. The van der Waals surface area contributed by atoms with Gasteiger partial charge in [-0.1, -0.05) is 25.7 Å². The molecule has 110 valence electrons. The molecule has 0 aromatic carbocycles. The standard InChI is InChI=1S/C12H33O2PSi3/c1-16(2,3)12-10-11-15(13-17(4,5)6)14-18(7,8)9/h10-12H2,1-9H3. The van der Waals surface area contributed by atoms with Crippen molar-refractivity contribution in [3.63, 3.8) is 0 Å². The minimum atomic E-state index is -1.48. The van der Waals surface area contributed by atoms with E-state index in [1.54, 1.807) is 0 Å². The van der Waals surface area contributed by atoms with E-state index in [2.05, 4.69) is 58.9 Å². The number of hydrogen-bond acceptors (Lipinski definition) is 2. The normalized spacial score (nSPS) is 14.3. The van der Waals surface area contributed by atoms with Gasteiger partial charge in [-0.25, -0.2) is 0 Å². The molecule has 0 spiro atoms. The topological polar surface area (TPSA) is 18.5 Å². The van der Waals surface area contributed by atoms with Crippen LogP contribution in [0.15, 0.2) is 0 Å². The van der Waals surface area contributed by atoms with Gasteiger partial charge < -0.3 is 8.43 Å². The van der Waals surface area contributed by atoms with Crippen molar-refractivity contribution in [1.82, 2.24) is 0 Å². The van der Waals surface area contributed by atoms with E-state index in [9.17, 15) is 0 Å². The lowest BCUT2D eigenvalue weighted by Gasteiger charge is -2.31. The van der Waals surface area contributed by atoms with Gasteiger partial charge in [0.15, 0.2) is 16.6 Å². The van der Waals surface area contributed by atoms with Gasteiger partial charge in [0.2, 0.25) is 0 Å². The molecule has 0 unspecified atom stereocenters. The van der Waals surface area contributed by atoms with Crippen LogP contribution >= 0.6 is 8.38 Å². The summed E-state index contributed by atoms with van der Waals surface area (Å²) >= 11 is 0. The average Bonchev–Trinajstić information content (AvgIpc) is 1.93. The molecule has 0 aliphatic heterocycles. The predicted molar refractivity (Wildman–Crippen MR) is 93.4 cm³/mol. The summed E-state index contributed by atoms with van der Waals surface area (Å²) in [6.07, 6.45) is 2.41. The molecule has 0 radical (unpaired) electrons. The van der Waals surface area contributed by atoms with Gasteiger partial charge >= 0.3 is 0 Å². The third kappa shape index (κ3) is 13.4. The molecule has 0 saturated carbocycles. The van der Waals surface area contributed by atoms with Crippen LogP contribution in [-0.2, 0) is 8.43 Å². The minimum Gasteiger partial charge on any atom is -0.376 e. The zero-order valence-corrected chi connectivity index (χ0v) is 17.8. The molecular formula is C12H33O2PSi3. The smallest absolute Gasteiger partial charge is 0.191 e. The van der Waals surface area contributed by atoms with Crippen LogP contribution in [0.3, 0.4) is 0 Å². The van der Waals surface area contributed by atoms with Crippen LogP contribution < -0.4 is 0 Å². The van der Waals surface area contributed by atoms with Gasteiger partial charge in [0.05, 0.1) is 0 Å². The van der Waals surface area contributed by atoms with Gasteiger partial charge in [0.1, 0.15) is 8.38 Å². The van der Waals surface area contributed by atoms with Gasteiger partial charge in [0.25, 0.3) is 0 Å². The van der Waals surface area contributed by atoms with Crippen molar-refractivity contribution in [3.05, 3.63) is 0 Å². The molecule has 0 fully saturated rings. The van der Waals surface area contributed by atoms with E-state index in [-0.39, 0.29) is 0 Å². The van der Waals surface area contributed by atoms with E-state index in [0.29, 0.717) is 0 Å². The predicted octanol–water partition coefficient (Wildman–Crippen LogP) is 5.73. The Balaban J connectivity index is 4.31. The van der Waals surface area contributed by atoms with Crippen molar-refractivity contribution < 1.29 is 8.43 Å². The zero-order valence-electron chi connectivity index (χ0n) is 13.9. The van der Waals surface area contributed by atoms with Crippen molar-refractivity contribution in [1.29, 1.82) is 0 Å². The summed E-state index contributed by atoms with van der Waals surface area (Å²) in [5, 5.41) is 0. The second-order valence-corrected chi connectivity index (χ2v) is 24.8. The van der Waals surface area contributed by atoms with Crippen LogP contribution in [0.1, 0.15) is 6.42 Å². The largest absolute Gasteiger partial charge is 0.376 e. The molecule has 0 amide bonds. The molecular weight excluding hydrogens is 291 g/mol. The van der Waals surface area contributed by atoms with Gasteiger partial charge in [0, 0.05) is 14.2 Å². The van der Waals surface area contributed by atoms with Gasteiger partial charge in [-0.3, -0.25) is 0 Å². The summed E-state index contributed by atoms with van der Waals surface area (Å²) in [4.78, 5) is 0. The monoisotopic (exact) mass is 324 g/mol. The molecule has 0 N–H and O–H groups in total. The van der Waals surface area contributed by atoms with Crippen LogP contribution in [0.2, 0.25) is 65.0 Å². The Morgan fingerprint density at radius 2 is 1.11 bits per heavy atom. The van der Waals surface area contributed by atoms with Gasteiger partial charge in [-0.05, 0) is 45.7 Å². The molecule has 0 aliphatic carbocycles. The van der Waals surface area contributed by atoms with Gasteiger partial charge in [-0.2, -0.15) is 0 Å². The van der Waals surface area contributed by atoms with Crippen LogP contribution in [0.25, 0.3) is 0 Å². The zero-order chi connectivity index (χ0) is 14.6. The molecule has 2 nitrogen and oxygen atoms in total. The van der Waals surface area contributed by atoms with Crippen LogP contribution in [0, 0.1) is 0 Å². The summed E-state index contributed by atoms with van der Waals surface area (Å²) in [5.41, 5.74) is 0. The maximum atomic E-state index is 6.26. The molecule has 0 saturated heterocycles. The molecule has 0 atom stereocenters. The first-order valence-corrected chi connectivity index (χ1v) is 18.8. The third-order valence-corrected chi connectivity index (χ3v) is 10.6. The Bertz CT molecular complexity index is 225. The van der Waals surface area contributed by atoms with Crippen molar-refractivity contribution in [2.45, 2.75) is 71.4 Å². The van der Waals surface area contributed by atoms with Crippen LogP contribution in [0.4, 0.5) is 0 Å². The highest BCUT2D eigenvalue weighted by molar-refractivity contribution is 7.50. The maximum absolute atomic E-state index is 6.26. The number of hydrogen-bond donors (Lipinski definition) is 0. The minimum absolute atomic E-state index is 0.644. The van der Waals surface area contributed by atoms with Crippen LogP contribution in [0.5, 0.6) is 0 Å². The summed E-state index contributed by atoms with van der Waals surface area (Å²) < 4.78 is 12.5. The molecule has 6 heteroatoms. The summed E-state index contributed by atoms with van der Waals surface area (Å²) in [7, 11) is -4.52. The number of rotatable bonds is 8. The lowest BCUT2D eigenvalue weighted by atomic mass is 10.6.